The van der Waals surface area contributed by atoms with Gasteiger partial charge in [-0.15, -0.1) is 0 Å². The van der Waals surface area contributed by atoms with E-state index in [-0.39, 0.29) is 0 Å². The first-order chi connectivity index (χ1) is 28.5. The number of para-hydroxylation sites is 2. The van der Waals surface area contributed by atoms with Gasteiger partial charge in [-0.2, -0.15) is 0 Å². The Balaban J connectivity index is 1.25. The van der Waals surface area contributed by atoms with E-state index in [2.05, 4.69) is 200 Å². The molecule has 0 aliphatic carbocycles. The highest BCUT2D eigenvalue weighted by Gasteiger charge is 2.40. The van der Waals surface area contributed by atoms with Gasteiger partial charge in [-0.1, -0.05) is 165 Å². The van der Waals surface area contributed by atoms with E-state index in [0.717, 1.165) is 49.4 Å². The van der Waals surface area contributed by atoms with E-state index in [1.807, 2.05) is 0 Å². The number of benzene rings is 9. The Hall–Kier alpha value is -7.21. The topological polar surface area (TPSA) is 43.6 Å². The van der Waals surface area contributed by atoms with Crippen LogP contribution in [0.5, 0.6) is 0 Å². The molecule has 0 atom stereocenters. The van der Waals surface area contributed by atoms with Gasteiger partial charge in [0.15, 0.2) is 17.5 Å². The fraction of sp³-hybridized carbons (Fsp3) is 0.0377. The molecule has 0 saturated carbocycles. The quantitative estimate of drug-likeness (QED) is 0.168. The molecule has 5 heteroatoms. The van der Waals surface area contributed by atoms with E-state index in [1.165, 1.54) is 48.6 Å². The Morgan fingerprint density at radius 1 is 0.397 bits per heavy atom. The molecule has 272 valence electrons. The smallest absolute Gasteiger partial charge is 0.164 e. The van der Waals surface area contributed by atoms with Crippen molar-refractivity contribution in [1.29, 1.82) is 0 Å². The van der Waals surface area contributed by atoms with Crippen LogP contribution in [0.1, 0.15) is 0 Å². The minimum Gasteiger partial charge on any atom is -0.309 e. The van der Waals surface area contributed by atoms with E-state index >= 15 is 0 Å². The SMILES string of the molecule is C[Si]1(C)c2ccccc2-c2ccc3c(-c4nc(-c5ccc6ccccc6c5)nc(-c5cccc6ccccc56)n4)cc4c(c5ccccc5n4-c4ccccc4)c3c21. The van der Waals surface area contributed by atoms with Crippen LogP contribution in [0.25, 0.3) is 105 Å². The second-order valence-corrected chi connectivity index (χ2v) is 20.3. The lowest BCUT2D eigenvalue weighted by molar-refractivity contribution is 1.08. The van der Waals surface area contributed by atoms with Crippen molar-refractivity contribution in [2.75, 3.05) is 0 Å². The van der Waals surface area contributed by atoms with Gasteiger partial charge in [-0.25, -0.2) is 15.0 Å². The number of hydrogen-bond acceptors (Lipinski definition) is 3. The molecular formula is C53H36N4Si. The fourth-order valence-corrected chi connectivity index (χ4v) is 13.2. The molecule has 0 fully saturated rings. The summed E-state index contributed by atoms with van der Waals surface area (Å²) in [5.74, 6) is 1.97. The molecule has 11 aromatic rings. The van der Waals surface area contributed by atoms with Crippen LogP contribution in [-0.2, 0) is 0 Å². The Labute approximate surface area is 336 Å². The number of hydrogen-bond donors (Lipinski definition) is 0. The summed E-state index contributed by atoms with van der Waals surface area (Å²) in [5, 5.41) is 12.6. The third kappa shape index (κ3) is 4.77. The van der Waals surface area contributed by atoms with Crippen LogP contribution >= 0.6 is 0 Å². The highest BCUT2D eigenvalue weighted by Crippen LogP contribution is 2.44. The minimum absolute atomic E-state index is 0.652. The van der Waals surface area contributed by atoms with Crippen molar-refractivity contribution in [3.8, 4) is 51.0 Å². The molecule has 0 spiro atoms. The molecule has 0 N–H and O–H groups in total. The molecule has 58 heavy (non-hydrogen) atoms. The number of aromatic nitrogens is 4. The molecule has 12 rings (SSSR count). The predicted octanol–water partition coefficient (Wildman–Crippen LogP) is 12.2. The summed E-state index contributed by atoms with van der Waals surface area (Å²) in [5.41, 5.74) is 9.08. The third-order valence-electron chi connectivity index (χ3n) is 12.4. The average molecular weight is 757 g/mol. The third-order valence-corrected chi connectivity index (χ3v) is 15.9. The highest BCUT2D eigenvalue weighted by molar-refractivity contribution is 7.05. The van der Waals surface area contributed by atoms with E-state index in [9.17, 15) is 0 Å². The van der Waals surface area contributed by atoms with Gasteiger partial charge >= 0.3 is 0 Å². The fourth-order valence-electron chi connectivity index (χ4n) is 9.77. The first-order valence-corrected chi connectivity index (χ1v) is 23.0. The van der Waals surface area contributed by atoms with Crippen molar-refractivity contribution >= 4 is 72.6 Å². The van der Waals surface area contributed by atoms with Crippen molar-refractivity contribution in [1.82, 2.24) is 19.5 Å². The van der Waals surface area contributed by atoms with E-state index in [4.69, 9.17) is 15.0 Å². The normalized spacial score (nSPS) is 13.1. The molecule has 1 aliphatic rings. The Bertz CT molecular complexity index is 3490. The molecule has 0 bridgehead atoms. The predicted molar refractivity (Wildman–Crippen MR) is 245 cm³/mol. The van der Waals surface area contributed by atoms with E-state index < -0.39 is 8.07 Å². The molecule has 9 aromatic carbocycles. The summed E-state index contributed by atoms with van der Waals surface area (Å²) in [7, 11) is -2.19. The number of nitrogens with zero attached hydrogens (tertiary/aromatic N) is 4. The monoisotopic (exact) mass is 756 g/mol. The Kier molecular flexibility index (Phi) is 7.05. The summed E-state index contributed by atoms with van der Waals surface area (Å²) in [6, 6.07) is 65.6. The van der Waals surface area contributed by atoms with Crippen molar-refractivity contribution in [3.63, 3.8) is 0 Å². The Morgan fingerprint density at radius 3 is 1.91 bits per heavy atom. The van der Waals surface area contributed by atoms with Gasteiger partial charge in [0.2, 0.25) is 0 Å². The molecule has 0 amide bonds. The zero-order chi connectivity index (χ0) is 38.5. The molecule has 1 aliphatic heterocycles. The summed E-state index contributed by atoms with van der Waals surface area (Å²) >= 11 is 0. The van der Waals surface area contributed by atoms with Crippen LogP contribution in [0.15, 0.2) is 182 Å². The maximum absolute atomic E-state index is 5.47. The highest BCUT2D eigenvalue weighted by atomic mass is 28.3. The van der Waals surface area contributed by atoms with Gasteiger partial charge in [-0.05, 0) is 84.1 Å². The molecule has 2 aromatic heterocycles. The molecule has 0 radical (unpaired) electrons. The lowest BCUT2D eigenvalue weighted by Crippen LogP contribution is -2.49. The second kappa shape index (κ2) is 12.4. The number of rotatable bonds is 4. The first kappa shape index (κ1) is 33.0. The van der Waals surface area contributed by atoms with Crippen molar-refractivity contribution in [2.24, 2.45) is 0 Å². The van der Waals surface area contributed by atoms with Gasteiger partial charge in [0.05, 0.1) is 11.0 Å². The van der Waals surface area contributed by atoms with Crippen LogP contribution in [0.3, 0.4) is 0 Å². The molecule has 0 unspecified atom stereocenters. The largest absolute Gasteiger partial charge is 0.309 e. The average Bonchev–Trinajstić information content (AvgIpc) is 3.74. The van der Waals surface area contributed by atoms with Crippen LogP contribution in [0.4, 0.5) is 0 Å². The van der Waals surface area contributed by atoms with Gasteiger partial charge in [-0.3, -0.25) is 0 Å². The van der Waals surface area contributed by atoms with E-state index in [0.29, 0.717) is 17.5 Å². The maximum Gasteiger partial charge on any atom is 0.164 e. The van der Waals surface area contributed by atoms with Gasteiger partial charge in [0.1, 0.15) is 8.07 Å². The summed E-state index contributed by atoms with van der Waals surface area (Å²) in [4.78, 5) is 16.2. The Morgan fingerprint density at radius 2 is 1.05 bits per heavy atom. The van der Waals surface area contributed by atoms with Crippen molar-refractivity contribution < 1.29 is 0 Å². The van der Waals surface area contributed by atoms with Crippen LogP contribution in [-0.4, -0.2) is 27.6 Å². The van der Waals surface area contributed by atoms with Crippen molar-refractivity contribution in [2.45, 2.75) is 13.1 Å². The zero-order valence-corrected chi connectivity index (χ0v) is 33.1. The molecule has 3 heterocycles. The first-order valence-electron chi connectivity index (χ1n) is 20.0. The number of fused-ring (bicyclic) bond motifs is 11. The molecule has 0 saturated heterocycles. The van der Waals surface area contributed by atoms with E-state index in [1.54, 1.807) is 0 Å². The minimum atomic E-state index is -2.19. The van der Waals surface area contributed by atoms with Crippen LogP contribution < -0.4 is 10.4 Å². The summed E-state index contributed by atoms with van der Waals surface area (Å²) < 4.78 is 2.43. The molecular weight excluding hydrogens is 721 g/mol. The van der Waals surface area contributed by atoms with Gasteiger partial charge in [0, 0.05) is 33.2 Å². The zero-order valence-electron chi connectivity index (χ0n) is 32.1. The summed E-state index contributed by atoms with van der Waals surface area (Å²) in [6.07, 6.45) is 0. The van der Waals surface area contributed by atoms with Gasteiger partial charge < -0.3 is 4.57 Å². The maximum atomic E-state index is 5.47. The van der Waals surface area contributed by atoms with Crippen molar-refractivity contribution in [3.05, 3.63) is 182 Å². The van der Waals surface area contributed by atoms with Crippen LogP contribution in [0, 0.1) is 0 Å². The second-order valence-electron chi connectivity index (χ2n) is 16.0. The lowest BCUT2D eigenvalue weighted by Gasteiger charge is -2.22. The van der Waals surface area contributed by atoms with Gasteiger partial charge in [0.25, 0.3) is 0 Å². The standard InChI is InChI=1S/C53H36N4Si/c1-58(2)47-26-13-11-22-39(47)41-30-29-40-44(32-46-48(49(40)50(41)58)43-23-10-12-25-45(43)57(46)37-19-4-3-5-20-37)53-55-51(36-28-27-33-15-6-7-17-35(33)31-36)54-52(56-53)42-24-14-18-34-16-8-9-21-38(34)42/h3-32H,1-2H3. The lowest BCUT2D eigenvalue weighted by atomic mass is 9.94. The summed E-state index contributed by atoms with van der Waals surface area (Å²) in [6.45, 7) is 5.04. The molecule has 4 nitrogen and oxygen atoms in total. The van der Waals surface area contributed by atoms with Crippen LogP contribution in [0.2, 0.25) is 13.1 Å².